The smallest absolute Gasteiger partial charge is 0.271 e. The standard InChI is InChI=1S/C19H22N2O3/c1-12(16-11-15(22)9-10-17(16)23)20-21-18(24)13-5-7-14(8-6-13)19(2,3)4/h5-11,22-23H,1-4H3,(H,21,24). The SMILES string of the molecule is CC(=NNC(=O)c1ccc(C(C)(C)C)cc1)c1cc(O)ccc1O. The van der Waals surface area contributed by atoms with Gasteiger partial charge in [-0.15, -0.1) is 0 Å². The van der Waals surface area contributed by atoms with E-state index in [9.17, 15) is 15.0 Å². The largest absolute Gasteiger partial charge is 0.508 e. The molecule has 2 aromatic rings. The van der Waals surface area contributed by atoms with E-state index in [1.54, 1.807) is 19.1 Å². The maximum Gasteiger partial charge on any atom is 0.271 e. The Bertz CT molecular complexity index is 772. The van der Waals surface area contributed by atoms with Gasteiger partial charge < -0.3 is 10.2 Å². The number of hydrogen-bond donors (Lipinski definition) is 3. The fourth-order valence-electron chi connectivity index (χ4n) is 2.19. The van der Waals surface area contributed by atoms with Crippen LogP contribution in [-0.4, -0.2) is 21.8 Å². The van der Waals surface area contributed by atoms with Crippen LogP contribution in [0.3, 0.4) is 0 Å². The van der Waals surface area contributed by atoms with Gasteiger partial charge in [-0.3, -0.25) is 4.79 Å². The van der Waals surface area contributed by atoms with E-state index in [-0.39, 0.29) is 22.8 Å². The van der Waals surface area contributed by atoms with Crippen molar-refractivity contribution in [2.24, 2.45) is 5.10 Å². The summed E-state index contributed by atoms with van der Waals surface area (Å²) in [4.78, 5) is 12.2. The number of nitrogens with zero attached hydrogens (tertiary/aromatic N) is 1. The molecule has 0 aromatic heterocycles. The molecule has 3 N–H and O–H groups in total. The van der Waals surface area contributed by atoms with Gasteiger partial charge >= 0.3 is 0 Å². The number of carbonyl (C=O) groups excluding carboxylic acids is 1. The molecule has 24 heavy (non-hydrogen) atoms. The van der Waals surface area contributed by atoms with E-state index < -0.39 is 0 Å². The highest BCUT2D eigenvalue weighted by molar-refractivity contribution is 6.02. The molecule has 0 atom stereocenters. The molecule has 0 aliphatic rings. The molecule has 2 aromatic carbocycles. The first-order chi connectivity index (χ1) is 11.2. The maximum atomic E-state index is 12.2. The zero-order valence-corrected chi connectivity index (χ0v) is 14.3. The van der Waals surface area contributed by atoms with Gasteiger partial charge in [-0.25, -0.2) is 5.43 Å². The second-order valence-electron chi connectivity index (χ2n) is 6.67. The van der Waals surface area contributed by atoms with E-state index in [1.807, 2.05) is 12.1 Å². The van der Waals surface area contributed by atoms with Crippen molar-refractivity contribution >= 4 is 11.6 Å². The number of carbonyl (C=O) groups is 1. The molecule has 1 amide bonds. The summed E-state index contributed by atoms with van der Waals surface area (Å²) >= 11 is 0. The Morgan fingerprint density at radius 3 is 2.25 bits per heavy atom. The normalized spacial score (nSPS) is 12.1. The number of amides is 1. The molecule has 0 saturated heterocycles. The van der Waals surface area contributed by atoms with Crippen molar-refractivity contribution in [1.82, 2.24) is 5.43 Å². The van der Waals surface area contributed by atoms with Gasteiger partial charge in [0.1, 0.15) is 11.5 Å². The Morgan fingerprint density at radius 1 is 1.04 bits per heavy atom. The van der Waals surface area contributed by atoms with Crippen LogP contribution in [0.15, 0.2) is 47.6 Å². The first kappa shape index (κ1) is 17.5. The number of hydrogen-bond acceptors (Lipinski definition) is 4. The van der Waals surface area contributed by atoms with Crippen molar-refractivity contribution in [2.45, 2.75) is 33.1 Å². The summed E-state index contributed by atoms with van der Waals surface area (Å²) in [5.74, 6) is -0.339. The van der Waals surface area contributed by atoms with Crippen molar-refractivity contribution in [2.75, 3.05) is 0 Å². The van der Waals surface area contributed by atoms with Crippen LogP contribution < -0.4 is 5.43 Å². The van der Waals surface area contributed by atoms with Crippen LogP contribution in [0.1, 0.15) is 49.2 Å². The molecule has 0 aliphatic carbocycles. The molecular weight excluding hydrogens is 304 g/mol. The predicted octanol–water partition coefficient (Wildman–Crippen LogP) is 3.55. The maximum absolute atomic E-state index is 12.2. The number of nitrogens with one attached hydrogen (secondary N) is 1. The van der Waals surface area contributed by atoms with Crippen molar-refractivity contribution in [1.29, 1.82) is 0 Å². The van der Waals surface area contributed by atoms with Gasteiger partial charge in [0.2, 0.25) is 0 Å². The molecular formula is C19H22N2O3. The van der Waals surface area contributed by atoms with E-state index in [4.69, 9.17) is 0 Å². The third-order valence-electron chi connectivity index (χ3n) is 3.71. The Kier molecular flexibility index (Phi) is 4.93. The molecule has 0 bridgehead atoms. The van der Waals surface area contributed by atoms with Crippen LogP contribution in [0.25, 0.3) is 0 Å². The van der Waals surface area contributed by atoms with E-state index in [0.29, 0.717) is 16.8 Å². The zero-order valence-electron chi connectivity index (χ0n) is 14.3. The van der Waals surface area contributed by atoms with Crippen LogP contribution in [0.4, 0.5) is 0 Å². The number of phenolic OH excluding ortho intramolecular Hbond substituents is 2. The quantitative estimate of drug-likeness (QED) is 0.458. The van der Waals surface area contributed by atoms with Gasteiger partial charge in [-0.05, 0) is 48.2 Å². The van der Waals surface area contributed by atoms with Crippen LogP contribution in [0, 0.1) is 0 Å². The van der Waals surface area contributed by atoms with Gasteiger partial charge in [0.05, 0.1) is 5.71 Å². The summed E-state index contributed by atoms with van der Waals surface area (Å²) in [5, 5.41) is 23.3. The van der Waals surface area contributed by atoms with E-state index in [0.717, 1.165) is 5.56 Å². The average Bonchev–Trinajstić information content (AvgIpc) is 2.53. The third kappa shape index (κ3) is 4.13. The van der Waals surface area contributed by atoms with Gasteiger partial charge in [-0.1, -0.05) is 32.9 Å². The molecule has 126 valence electrons. The van der Waals surface area contributed by atoms with Crippen LogP contribution in [0.5, 0.6) is 11.5 Å². The van der Waals surface area contributed by atoms with Crippen molar-refractivity contribution in [3.05, 3.63) is 59.2 Å². The van der Waals surface area contributed by atoms with Gasteiger partial charge in [0.25, 0.3) is 5.91 Å². The Hall–Kier alpha value is -2.82. The lowest BCUT2D eigenvalue weighted by Crippen LogP contribution is -2.20. The highest BCUT2D eigenvalue weighted by Crippen LogP contribution is 2.23. The number of aromatic hydroxyl groups is 2. The molecule has 5 heteroatoms. The van der Waals surface area contributed by atoms with E-state index in [1.165, 1.54) is 18.2 Å². The Balaban J connectivity index is 2.13. The van der Waals surface area contributed by atoms with Crippen molar-refractivity contribution in [3.63, 3.8) is 0 Å². The minimum atomic E-state index is -0.338. The summed E-state index contributed by atoms with van der Waals surface area (Å²) in [6, 6.07) is 11.5. The highest BCUT2D eigenvalue weighted by Gasteiger charge is 2.14. The monoisotopic (exact) mass is 326 g/mol. The number of phenols is 2. The number of rotatable bonds is 3. The second-order valence-corrected chi connectivity index (χ2v) is 6.67. The lowest BCUT2D eigenvalue weighted by molar-refractivity contribution is 0.0954. The lowest BCUT2D eigenvalue weighted by atomic mass is 9.87. The zero-order chi connectivity index (χ0) is 17.9. The molecule has 0 fully saturated rings. The fourth-order valence-corrected chi connectivity index (χ4v) is 2.19. The molecule has 0 radical (unpaired) electrons. The van der Waals surface area contributed by atoms with Gasteiger partial charge in [-0.2, -0.15) is 5.10 Å². The van der Waals surface area contributed by atoms with Gasteiger partial charge in [0, 0.05) is 11.1 Å². The average molecular weight is 326 g/mol. The summed E-state index contributed by atoms with van der Waals surface area (Å²) in [6.07, 6.45) is 0. The van der Waals surface area contributed by atoms with Crippen LogP contribution in [-0.2, 0) is 5.41 Å². The molecule has 2 rings (SSSR count). The molecule has 5 nitrogen and oxygen atoms in total. The van der Waals surface area contributed by atoms with Crippen LogP contribution >= 0.6 is 0 Å². The molecule has 0 unspecified atom stereocenters. The fraction of sp³-hybridized carbons (Fsp3) is 0.263. The number of hydrazone groups is 1. The summed E-state index contributed by atoms with van der Waals surface area (Å²) < 4.78 is 0. The number of benzene rings is 2. The van der Waals surface area contributed by atoms with Crippen LogP contribution in [0.2, 0.25) is 0 Å². The Morgan fingerprint density at radius 2 is 1.67 bits per heavy atom. The first-order valence-corrected chi connectivity index (χ1v) is 7.66. The molecule has 0 saturated carbocycles. The summed E-state index contributed by atoms with van der Waals surface area (Å²) in [5.41, 5.74) is 4.88. The van der Waals surface area contributed by atoms with E-state index >= 15 is 0 Å². The summed E-state index contributed by atoms with van der Waals surface area (Å²) in [6.45, 7) is 7.96. The summed E-state index contributed by atoms with van der Waals surface area (Å²) in [7, 11) is 0. The second kappa shape index (κ2) is 6.74. The predicted molar refractivity (Wildman–Crippen MR) is 94.6 cm³/mol. The minimum Gasteiger partial charge on any atom is -0.508 e. The minimum absolute atomic E-state index is 0.0152. The third-order valence-corrected chi connectivity index (χ3v) is 3.71. The first-order valence-electron chi connectivity index (χ1n) is 7.66. The van der Waals surface area contributed by atoms with Crippen molar-refractivity contribution < 1.29 is 15.0 Å². The molecule has 0 spiro atoms. The Labute approximate surface area is 141 Å². The molecule has 0 heterocycles. The van der Waals surface area contributed by atoms with Crippen molar-refractivity contribution in [3.8, 4) is 11.5 Å². The lowest BCUT2D eigenvalue weighted by Gasteiger charge is -2.18. The van der Waals surface area contributed by atoms with E-state index in [2.05, 4.69) is 31.3 Å². The highest BCUT2D eigenvalue weighted by atomic mass is 16.3. The van der Waals surface area contributed by atoms with Gasteiger partial charge in [0.15, 0.2) is 0 Å². The molecule has 0 aliphatic heterocycles. The topological polar surface area (TPSA) is 81.9 Å².